The van der Waals surface area contributed by atoms with E-state index in [9.17, 15) is 13.9 Å². The average molecular weight is 265 g/mol. The zero-order valence-electron chi connectivity index (χ0n) is 8.85. The van der Waals surface area contributed by atoms with Crippen LogP contribution in [0.3, 0.4) is 0 Å². The van der Waals surface area contributed by atoms with Crippen molar-refractivity contribution in [3.63, 3.8) is 0 Å². The zero-order chi connectivity index (χ0) is 12.6. The summed E-state index contributed by atoms with van der Waals surface area (Å²) in [6.07, 6.45) is 0. The van der Waals surface area contributed by atoms with Crippen molar-refractivity contribution >= 4 is 28.2 Å². The predicted octanol–water partition coefficient (Wildman–Crippen LogP) is 3.31. The van der Waals surface area contributed by atoms with Gasteiger partial charge < -0.3 is 5.11 Å². The Morgan fingerprint density at radius 1 is 1.25 bits per heavy atom. The molecule has 0 bridgehead atoms. The maximum absolute atomic E-state index is 11.0. The van der Waals surface area contributed by atoms with Crippen molar-refractivity contribution < 1.29 is 19.0 Å². The van der Waals surface area contributed by atoms with E-state index >= 15 is 0 Å². The molecule has 4 nitrogen and oxygen atoms in total. The van der Waals surface area contributed by atoms with Crippen LogP contribution in [-0.4, -0.2) is 24.9 Å². The van der Waals surface area contributed by atoms with Crippen LogP contribution in [0.15, 0.2) is 29.2 Å². The Balaban J connectivity index is 3.20. The van der Waals surface area contributed by atoms with Crippen LogP contribution in [0.25, 0.3) is 0 Å². The summed E-state index contributed by atoms with van der Waals surface area (Å²) in [4.78, 5) is 11.2. The lowest BCUT2D eigenvalue weighted by Crippen LogP contribution is -2.37. The minimum absolute atomic E-state index is 0.171. The topological polar surface area (TPSA) is 77.8 Å². The standard InChI is InChI=1S/C10H13ClO4S/c1-10(2,9(12)13)16(14,15)8-5-3-7(11)4-6-8/h3-6,14-15H,1-2H3,(H,12,13). The van der Waals surface area contributed by atoms with Crippen LogP contribution >= 0.6 is 22.2 Å². The normalized spacial score (nSPS) is 13.6. The molecule has 3 N–H and O–H groups in total. The first kappa shape index (κ1) is 13.3. The molecule has 0 saturated carbocycles. The zero-order valence-corrected chi connectivity index (χ0v) is 10.4. The lowest BCUT2D eigenvalue weighted by molar-refractivity contribution is -0.139. The fourth-order valence-electron chi connectivity index (χ4n) is 1.04. The summed E-state index contributed by atoms with van der Waals surface area (Å²) in [5.41, 5.74) is 0. The third-order valence-electron chi connectivity index (χ3n) is 2.37. The molecule has 1 rings (SSSR count). The van der Waals surface area contributed by atoms with E-state index in [1.165, 1.54) is 38.1 Å². The van der Waals surface area contributed by atoms with Crippen LogP contribution in [0.4, 0.5) is 0 Å². The van der Waals surface area contributed by atoms with Gasteiger partial charge in [0.1, 0.15) is 0 Å². The largest absolute Gasteiger partial charge is 0.480 e. The Morgan fingerprint density at radius 2 is 1.69 bits per heavy atom. The fourth-order valence-corrected chi connectivity index (χ4v) is 2.52. The van der Waals surface area contributed by atoms with Crippen LogP contribution in [0.1, 0.15) is 13.8 Å². The average Bonchev–Trinajstić information content (AvgIpc) is 2.17. The summed E-state index contributed by atoms with van der Waals surface area (Å²) >= 11 is 5.67. The second kappa shape index (κ2) is 4.25. The van der Waals surface area contributed by atoms with Crippen molar-refractivity contribution in [1.82, 2.24) is 0 Å². The number of benzene rings is 1. The number of hydrogen-bond donors (Lipinski definition) is 3. The van der Waals surface area contributed by atoms with Crippen LogP contribution in [0, 0.1) is 0 Å². The van der Waals surface area contributed by atoms with E-state index in [-0.39, 0.29) is 4.90 Å². The molecule has 0 aliphatic carbocycles. The molecule has 0 heterocycles. The molecule has 0 fully saturated rings. The second-order valence-corrected chi connectivity index (χ2v) is 6.84. The summed E-state index contributed by atoms with van der Waals surface area (Å²) in [7, 11) is -3.41. The molecule has 0 atom stereocenters. The van der Waals surface area contributed by atoms with Crippen LogP contribution in [0.5, 0.6) is 0 Å². The number of carboxylic acids is 1. The van der Waals surface area contributed by atoms with Gasteiger partial charge in [0.05, 0.1) is 4.90 Å². The predicted molar refractivity (Wildman–Crippen MR) is 64.3 cm³/mol. The van der Waals surface area contributed by atoms with Gasteiger partial charge >= 0.3 is 5.97 Å². The molecule has 0 aliphatic heterocycles. The molecular formula is C10H13ClO4S. The Bertz CT molecular complexity index is 400. The van der Waals surface area contributed by atoms with Crippen LogP contribution in [0.2, 0.25) is 5.02 Å². The molecule has 0 unspecified atom stereocenters. The summed E-state index contributed by atoms with van der Waals surface area (Å²) in [5.74, 6) is -1.26. The Hall–Kier alpha value is -0.750. The number of halogens is 1. The van der Waals surface area contributed by atoms with E-state index < -0.39 is 21.3 Å². The summed E-state index contributed by atoms with van der Waals surface area (Å²) in [5, 5.41) is 9.42. The highest BCUT2D eigenvalue weighted by molar-refractivity contribution is 8.26. The summed E-state index contributed by atoms with van der Waals surface area (Å²) in [6.45, 7) is 2.55. The van der Waals surface area contributed by atoms with Gasteiger partial charge in [-0.05, 0) is 38.1 Å². The van der Waals surface area contributed by atoms with Gasteiger partial charge in [0.15, 0.2) is 4.75 Å². The monoisotopic (exact) mass is 264 g/mol. The highest BCUT2D eigenvalue weighted by Crippen LogP contribution is 2.58. The van der Waals surface area contributed by atoms with Gasteiger partial charge in [-0.25, -0.2) is 4.79 Å². The molecule has 0 spiro atoms. The summed E-state index contributed by atoms with van der Waals surface area (Å²) < 4.78 is 18.3. The van der Waals surface area contributed by atoms with Gasteiger partial charge in [0.25, 0.3) is 0 Å². The van der Waals surface area contributed by atoms with Crippen molar-refractivity contribution in [3.8, 4) is 0 Å². The van der Waals surface area contributed by atoms with Gasteiger partial charge in [0, 0.05) is 5.02 Å². The van der Waals surface area contributed by atoms with Gasteiger partial charge in [-0.1, -0.05) is 11.6 Å². The summed E-state index contributed by atoms with van der Waals surface area (Å²) in [6, 6.07) is 5.82. The molecule has 1 aromatic rings. The molecule has 6 heteroatoms. The Kier molecular flexibility index (Phi) is 3.54. The van der Waals surface area contributed by atoms with Crippen molar-refractivity contribution in [2.45, 2.75) is 23.5 Å². The van der Waals surface area contributed by atoms with Gasteiger partial charge in [0.2, 0.25) is 0 Å². The molecular weight excluding hydrogens is 252 g/mol. The van der Waals surface area contributed by atoms with E-state index in [2.05, 4.69) is 0 Å². The van der Waals surface area contributed by atoms with E-state index in [1.807, 2.05) is 0 Å². The lowest BCUT2D eigenvalue weighted by Gasteiger charge is -2.43. The molecule has 90 valence electrons. The molecule has 1 aromatic carbocycles. The van der Waals surface area contributed by atoms with E-state index in [0.717, 1.165) is 0 Å². The van der Waals surface area contributed by atoms with Gasteiger partial charge in [-0.2, -0.15) is 10.6 Å². The smallest absolute Gasteiger partial charge is 0.328 e. The third-order valence-corrected chi connectivity index (χ3v) is 5.15. The first-order valence-electron chi connectivity index (χ1n) is 4.46. The number of carbonyl (C=O) groups is 1. The minimum Gasteiger partial charge on any atom is -0.480 e. The van der Waals surface area contributed by atoms with Crippen molar-refractivity contribution in [2.75, 3.05) is 0 Å². The first-order valence-corrected chi connectivity index (χ1v) is 6.39. The molecule has 0 saturated heterocycles. The molecule has 0 aromatic heterocycles. The van der Waals surface area contributed by atoms with Crippen LogP contribution in [-0.2, 0) is 4.79 Å². The number of aliphatic carboxylic acids is 1. The number of rotatable bonds is 3. The molecule has 0 radical (unpaired) electrons. The Labute approximate surface area is 100 Å². The Morgan fingerprint density at radius 3 is 2.06 bits per heavy atom. The second-order valence-electron chi connectivity index (χ2n) is 3.82. The maximum Gasteiger partial charge on any atom is 0.328 e. The fraction of sp³-hybridized carbons (Fsp3) is 0.300. The van der Waals surface area contributed by atoms with Gasteiger partial charge in [-0.15, -0.1) is 0 Å². The number of hydrogen-bond acceptors (Lipinski definition) is 3. The lowest BCUT2D eigenvalue weighted by atomic mass is 10.2. The SMILES string of the molecule is CC(C)(C(=O)O)S(O)(O)c1ccc(Cl)cc1. The molecule has 0 aliphatic rings. The van der Waals surface area contributed by atoms with E-state index in [1.54, 1.807) is 0 Å². The third kappa shape index (κ3) is 2.17. The quantitative estimate of drug-likeness (QED) is 0.783. The van der Waals surface area contributed by atoms with Crippen molar-refractivity contribution in [1.29, 1.82) is 0 Å². The van der Waals surface area contributed by atoms with Crippen molar-refractivity contribution in [2.24, 2.45) is 0 Å². The molecule has 0 amide bonds. The van der Waals surface area contributed by atoms with Crippen LogP contribution < -0.4 is 0 Å². The van der Waals surface area contributed by atoms with E-state index in [4.69, 9.17) is 16.7 Å². The molecule has 16 heavy (non-hydrogen) atoms. The highest BCUT2D eigenvalue weighted by Gasteiger charge is 2.42. The number of carboxylic acid groups (broad SMARTS) is 1. The maximum atomic E-state index is 11.0. The first-order chi connectivity index (χ1) is 7.19. The van der Waals surface area contributed by atoms with E-state index in [0.29, 0.717) is 5.02 Å². The van der Waals surface area contributed by atoms with Gasteiger partial charge in [-0.3, -0.25) is 9.11 Å². The van der Waals surface area contributed by atoms with Crippen molar-refractivity contribution in [3.05, 3.63) is 29.3 Å². The minimum atomic E-state index is -3.41. The highest BCUT2D eigenvalue weighted by atomic mass is 35.5.